The fraction of sp³-hybridized carbons (Fsp3) is 0.190. The molecule has 0 amide bonds. The number of rotatable bonds is 5. The largest absolute Gasteiger partial charge is 0.337 e. The van der Waals surface area contributed by atoms with Gasteiger partial charge >= 0.3 is 0 Å². The molecule has 0 bridgehead atoms. The van der Waals surface area contributed by atoms with Crippen LogP contribution in [-0.2, 0) is 0 Å². The average Bonchev–Trinajstić information content (AvgIpc) is 3.41. The van der Waals surface area contributed by atoms with Gasteiger partial charge in [-0.25, -0.2) is 9.37 Å². The van der Waals surface area contributed by atoms with Crippen LogP contribution in [-0.4, -0.2) is 25.1 Å². The average molecular weight is 423 g/mol. The van der Waals surface area contributed by atoms with Crippen LogP contribution < -0.4 is 0 Å². The topological polar surface area (TPSA) is 104 Å². The first-order chi connectivity index (χ1) is 14.5. The van der Waals surface area contributed by atoms with Gasteiger partial charge in [-0.05, 0) is 30.7 Å². The number of nitriles is 1. The summed E-state index contributed by atoms with van der Waals surface area (Å²) in [6, 6.07) is 9.81. The van der Waals surface area contributed by atoms with E-state index in [-0.39, 0.29) is 28.0 Å². The molecule has 150 valence electrons. The zero-order valence-corrected chi connectivity index (χ0v) is 16.9. The third-order valence-corrected chi connectivity index (χ3v) is 5.09. The Labute approximate surface area is 176 Å². The highest BCUT2D eigenvalue weighted by molar-refractivity contribution is 6.33. The van der Waals surface area contributed by atoms with Crippen LogP contribution >= 0.6 is 11.6 Å². The smallest absolute Gasteiger partial charge is 0.276 e. The molecule has 0 aliphatic rings. The van der Waals surface area contributed by atoms with Crippen LogP contribution in [0.25, 0.3) is 34.2 Å². The van der Waals surface area contributed by atoms with Gasteiger partial charge in [0.2, 0.25) is 0 Å². The lowest BCUT2D eigenvalue weighted by atomic mass is 10.1. The summed E-state index contributed by atoms with van der Waals surface area (Å²) in [6.45, 7) is 4.07. The molecule has 3 aromatic heterocycles. The van der Waals surface area contributed by atoms with Crippen molar-refractivity contribution in [2.45, 2.75) is 26.2 Å². The first kappa shape index (κ1) is 19.7. The van der Waals surface area contributed by atoms with Gasteiger partial charge in [0.05, 0.1) is 16.3 Å². The van der Waals surface area contributed by atoms with Crippen molar-refractivity contribution in [2.75, 3.05) is 0 Å². The quantitative estimate of drug-likeness (QED) is 0.463. The number of aromatic nitrogens is 5. The predicted octanol–water partition coefficient (Wildman–Crippen LogP) is 5.37. The Morgan fingerprint density at radius 2 is 2.10 bits per heavy atom. The van der Waals surface area contributed by atoms with E-state index in [1.165, 1.54) is 12.1 Å². The Balaban J connectivity index is 1.69. The summed E-state index contributed by atoms with van der Waals surface area (Å²) >= 11 is 6.12. The number of imidazole rings is 1. The van der Waals surface area contributed by atoms with Crippen LogP contribution in [0, 0.1) is 17.1 Å². The Morgan fingerprint density at radius 1 is 1.27 bits per heavy atom. The number of pyridine rings is 1. The second kappa shape index (κ2) is 8.05. The summed E-state index contributed by atoms with van der Waals surface area (Å²) in [4.78, 5) is 15.9. The van der Waals surface area contributed by atoms with Crippen LogP contribution in [0.15, 0.2) is 41.1 Å². The van der Waals surface area contributed by atoms with Gasteiger partial charge in [-0.2, -0.15) is 10.2 Å². The molecule has 1 aromatic carbocycles. The molecule has 9 heteroatoms. The molecule has 1 unspecified atom stereocenters. The highest BCUT2D eigenvalue weighted by Gasteiger charge is 2.19. The van der Waals surface area contributed by atoms with Crippen LogP contribution in [0.4, 0.5) is 4.39 Å². The zero-order valence-electron chi connectivity index (χ0n) is 16.1. The van der Waals surface area contributed by atoms with Gasteiger partial charge in [0, 0.05) is 17.7 Å². The third-order valence-electron chi connectivity index (χ3n) is 4.78. The van der Waals surface area contributed by atoms with Gasteiger partial charge in [-0.15, -0.1) is 0 Å². The number of nitrogens with zero attached hydrogens (tertiary/aromatic N) is 5. The van der Waals surface area contributed by atoms with Gasteiger partial charge in [-0.1, -0.05) is 36.7 Å². The maximum atomic E-state index is 14.2. The summed E-state index contributed by atoms with van der Waals surface area (Å²) in [7, 11) is 0. The lowest BCUT2D eigenvalue weighted by molar-refractivity contribution is 0.415. The second-order valence-corrected chi connectivity index (χ2v) is 7.12. The predicted molar refractivity (Wildman–Crippen MR) is 109 cm³/mol. The number of benzene rings is 1. The van der Waals surface area contributed by atoms with Gasteiger partial charge in [0.15, 0.2) is 11.5 Å². The second-order valence-electron chi connectivity index (χ2n) is 6.72. The maximum Gasteiger partial charge on any atom is 0.276 e. The Bertz CT molecular complexity index is 1220. The minimum atomic E-state index is -0.533. The Kier molecular flexibility index (Phi) is 5.29. The van der Waals surface area contributed by atoms with E-state index in [1.54, 1.807) is 24.4 Å². The number of aromatic amines is 1. The molecule has 7 nitrogen and oxygen atoms in total. The first-order valence-electron chi connectivity index (χ1n) is 9.26. The summed E-state index contributed by atoms with van der Waals surface area (Å²) in [5.74, 6) is 0.776. The van der Waals surface area contributed by atoms with Gasteiger partial charge < -0.3 is 9.51 Å². The van der Waals surface area contributed by atoms with E-state index in [0.717, 1.165) is 6.42 Å². The van der Waals surface area contributed by atoms with E-state index in [0.29, 0.717) is 28.7 Å². The summed E-state index contributed by atoms with van der Waals surface area (Å²) in [5.41, 5.74) is 1.74. The zero-order chi connectivity index (χ0) is 21.3. The molecular weight excluding hydrogens is 407 g/mol. The van der Waals surface area contributed by atoms with Crippen molar-refractivity contribution in [1.82, 2.24) is 25.1 Å². The van der Waals surface area contributed by atoms with E-state index < -0.39 is 5.82 Å². The fourth-order valence-electron chi connectivity index (χ4n) is 2.90. The SMILES string of the molecule is CCC(C)c1noc(-c2ccc(-c3[nH]c(-c4c(F)cccc4Cl)nc3C#N)cn2)n1. The van der Waals surface area contributed by atoms with Crippen LogP contribution in [0.5, 0.6) is 0 Å². The van der Waals surface area contributed by atoms with Gasteiger partial charge in [0.1, 0.15) is 23.4 Å². The van der Waals surface area contributed by atoms with E-state index >= 15 is 0 Å². The van der Waals surface area contributed by atoms with Crippen LogP contribution in [0.2, 0.25) is 5.02 Å². The minimum Gasteiger partial charge on any atom is -0.337 e. The Hall–Kier alpha value is -3.57. The van der Waals surface area contributed by atoms with Gasteiger partial charge in [-0.3, -0.25) is 4.98 Å². The molecule has 30 heavy (non-hydrogen) atoms. The molecule has 0 saturated carbocycles. The van der Waals surface area contributed by atoms with Crippen LogP contribution in [0.3, 0.4) is 0 Å². The van der Waals surface area contributed by atoms with E-state index in [2.05, 4.69) is 25.1 Å². The van der Waals surface area contributed by atoms with E-state index in [9.17, 15) is 9.65 Å². The van der Waals surface area contributed by atoms with Crippen molar-refractivity contribution in [1.29, 1.82) is 5.26 Å². The van der Waals surface area contributed by atoms with Crippen molar-refractivity contribution >= 4 is 11.6 Å². The lowest BCUT2D eigenvalue weighted by Gasteiger charge is -2.02. The minimum absolute atomic E-state index is 0.106. The normalized spacial score (nSPS) is 12.0. The molecule has 0 fully saturated rings. The molecule has 4 aromatic rings. The molecule has 1 N–H and O–H groups in total. The molecule has 0 saturated heterocycles. The summed E-state index contributed by atoms with van der Waals surface area (Å²) < 4.78 is 19.5. The molecule has 0 radical (unpaired) electrons. The number of hydrogen-bond acceptors (Lipinski definition) is 6. The number of H-pyrrole nitrogens is 1. The van der Waals surface area contributed by atoms with E-state index in [1.807, 2.05) is 19.9 Å². The number of nitrogens with one attached hydrogen (secondary N) is 1. The summed E-state index contributed by atoms with van der Waals surface area (Å²) in [6.07, 6.45) is 2.46. The molecule has 0 aliphatic carbocycles. The van der Waals surface area contributed by atoms with Gasteiger partial charge in [0.25, 0.3) is 5.89 Å². The Morgan fingerprint density at radius 3 is 2.77 bits per heavy atom. The maximum absolute atomic E-state index is 14.2. The third kappa shape index (κ3) is 3.55. The number of halogens is 2. The summed E-state index contributed by atoms with van der Waals surface area (Å²) in [5, 5.41) is 13.7. The van der Waals surface area contributed by atoms with Crippen molar-refractivity contribution in [3.8, 4) is 40.3 Å². The highest BCUT2D eigenvalue weighted by atomic mass is 35.5. The van der Waals surface area contributed by atoms with Crippen LogP contribution in [0.1, 0.15) is 37.7 Å². The standard InChI is InChI=1S/C21H16ClFN6O/c1-3-11(2)19-28-21(30-29-19)15-8-7-12(10-25-15)18-16(9-24)26-20(27-18)17-13(22)5-4-6-14(17)23/h4-8,10-11H,3H2,1-2H3,(H,26,27). The molecule has 4 rings (SSSR count). The van der Waals surface area contributed by atoms with E-state index in [4.69, 9.17) is 16.1 Å². The molecule has 0 aliphatic heterocycles. The highest BCUT2D eigenvalue weighted by Crippen LogP contribution is 2.32. The molecule has 0 spiro atoms. The monoisotopic (exact) mass is 422 g/mol. The lowest BCUT2D eigenvalue weighted by Crippen LogP contribution is -1.94. The molecule has 3 heterocycles. The van der Waals surface area contributed by atoms with Crippen molar-refractivity contribution in [2.24, 2.45) is 0 Å². The molecular formula is C21H16ClFN6O. The molecule has 1 atom stereocenters. The van der Waals surface area contributed by atoms with Crippen molar-refractivity contribution < 1.29 is 8.91 Å². The van der Waals surface area contributed by atoms with Crippen molar-refractivity contribution in [3.05, 3.63) is 58.9 Å². The van der Waals surface area contributed by atoms with Crippen molar-refractivity contribution in [3.63, 3.8) is 0 Å². The number of hydrogen-bond donors (Lipinski definition) is 1. The fourth-order valence-corrected chi connectivity index (χ4v) is 3.15. The first-order valence-corrected chi connectivity index (χ1v) is 9.64.